The van der Waals surface area contributed by atoms with Crippen molar-refractivity contribution in [3.63, 3.8) is 0 Å². The number of halogens is 1. The van der Waals surface area contributed by atoms with Gasteiger partial charge >= 0.3 is 0 Å². The van der Waals surface area contributed by atoms with Gasteiger partial charge in [0.05, 0.1) is 10.6 Å². The number of rotatable bonds is 10. The maximum Gasteiger partial charge on any atom is 0.264 e. The summed E-state index contributed by atoms with van der Waals surface area (Å²) in [4.78, 5) is 28.0. The Bertz CT molecular complexity index is 1390. The van der Waals surface area contributed by atoms with E-state index >= 15 is 0 Å². The van der Waals surface area contributed by atoms with Gasteiger partial charge in [0.25, 0.3) is 10.0 Å². The van der Waals surface area contributed by atoms with Gasteiger partial charge in [-0.1, -0.05) is 54.1 Å². The number of nitrogens with zero attached hydrogens (tertiary/aromatic N) is 2. The van der Waals surface area contributed by atoms with E-state index in [0.29, 0.717) is 0 Å². The molecule has 3 rings (SSSR count). The number of anilines is 1. The average molecular weight is 540 g/mol. The summed E-state index contributed by atoms with van der Waals surface area (Å²) in [6.45, 7) is 8.32. The zero-order chi connectivity index (χ0) is 28.0. The number of benzene rings is 3. The Hall–Kier alpha value is -3.72. The quantitative estimate of drug-likeness (QED) is 0.409. The third-order valence-corrected chi connectivity index (χ3v) is 7.98. The topological polar surface area (TPSA) is 86.8 Å². The number of sulfonamides is 1. The normalized spacial score (nSPS) is 12.2. The van der Waals surface area contributed by atoms with Gasteiger partial charge in [-0.15, -0.1) is 0 Å². The second kappa shape index (κ2) is 12.2. The molecular weight excluding hydrogens is 505 g/mol. The Morgan fingerprint density at radius 1 is 0.895 bits per heavy atom. The SMILES string of the molecule is Cc1ccc(S(=O)(=O)N(CC(=O)N(Cc2ccccc2C)C(C)C(=O)NC(C)C)c2ccccc2F)cc1. The molecule has 1 unspecified atom stereocenters. The van der Waals surface area contributed by atoms with Gasteiger partial charge in [0.1, 0.15) is 18.4 Å². The van der Waals surface area contributed by atoms with E-state index in [2.05, 4.69) is 5.32 Å². The Labute approximate surface area is 224 Å². The molecule has 1 atom stereocenters. The second-order valence-corrected chi connectivity index (χ2v) is 11.4. The summed E-state index contributed by atoms with van der Waals surface area (Å²) >= 11 is 0. The molecule has 38 heavy (non-hydrogen) atoms. The molecule has 1 N–H and O–H groups in total. The predicted molar refractivity (Wildman–Crippen MR) is 147 cm³/mol. The maximum atomic E-state index is 14.9. The summed E-state index contributed by atoms with van der Waals surface area (Å²) in [6.07, 6.45) is 0. The highest BCUT2D eigenvalue weighted by atomic mass is 32.2. The summed E-state index contributed by atoms with van der Waals surface area (Å²) in [5.41, 5.74) is 2.33. The van der Waals surface area contributed by atoms with Crippen LogP contribution >= 0.6 is 0 Å². The van der Waals surface area contributed by atoms with Gasteiger partial charge in [-0.3, -0.25) is 13.9 Å². The van der Waals surface area contributed by atoms with Gasteiger partial charge in [-0.25, -0.2) is 12.8 Å². The molecule has 0 fully saturated rings. The number of carbonyl (C=O) groups excluding carboxylic acids is 2. The summed E-state index contributed by atoms with van der Waals surface area (Å²) < 4.78 is 43.2. The van der Waals surface area contributed by atoms with Crippen LogP contribution in [0.3, 0.4) is 0 Å². The average Bonchev–Trinajstić information content (AvgIpc) is 2.86. The number of amides is 2. The van der Waals surface area contributed by atoms with Crippen LogP contribution in [0, 0.1) is 19.7 Å². The molecule has 0 saturated heterocycles. The molecule has 0 spiro atoms. The molecule has 2 amide bonds. The first-order valence-corrected chi connectivity index (χ1v) is 13.8. The lowest BCUT2D eigenvalue weighted by molar-refractivity contribution is -0.139. The van der Waals surface area contributed by atoms with Crippen molar-refractivity contribution in [2.24, 2.45) is 0 Å². The third-order valence-electron chi connectivity index (χ3n) is 6.21. The first-order chi connectivity index (χ1) is 17.9. The van der Waals surface area contributed by atoms with Gasteiger partial charge in [0.15, 0.2) is 0 Å². The zero-order valence-electron chi connectivity index (χ0n) is 22.3. The smallest absolute Gasteiger partial charge is 0.264 e. The standard InChI is InChI=1S/C29H34FN3O4S/c1-20(2)31-29(35)23(5)32(18-24-11-7-6-10-22(24)4)28(34)19-33(27-13-9-8-12-26(27)30)38(36,37)25-16-14-21(3)15-17-25/h6-17,20,23H,18-19H2,1-5H3,(H,31,35). The summed E-state index contributed by atoms with van der Waals surface area (Å²) in [7, 11) is -4.32. The Balaban J connectivity index is 2.06. The first kappa shape index (κ1) is 28.8. The number of nitrogens with one attached hydrogen (secondary N) is 1. The van der Waals surface area contributed by atoms with E-state index in [1.165, 1.54) is 35.2 Å². The van der Waals surface area contributed by atoms with Crippen molar-refractivity contribution in [3.8, 4) is 0 Å². The molecule has 3 aromatic rings. The van der Waals surface area contributed by atoms with Gasteiger partial charge in [0.2, 0.25) is 11.8 Å². The molecule has 3 aromatic carbocycles. The Kier molecular flexibility index (Phi) is 9.27. The van der Waals surface area contributed by atoms with Crippen LogP contribution in [-0.4, -0.2) is 43.8 Å². The van der Waals surface area contributed by atoms with E-state index < -0.39 is 34.3 Å². The molecule has 0 radical (unpaired) electrons. The van der Waals surface area contributed by atoms with Crippen LogP contribution < -0.4 is 9.62 Å². The fourth-order valence-corrected chi connectivity index (χ4v) is 5.39. The van der Waals surface area contributed by atoms with Crippen molar-refractivity contribution >= 4 is 27.5 Å². The largest absolute Gasteiger partial charge is 0.352 e. The van der Waals surface area contributed by atoms with Crippen LogP contribution in [0.1, 0.15) is 37.5 Å². The van der Waals surface area contributed by atoms with Gasteiger partial charge in [0, 0.05) is 12.6 Å². The van der Waals surface area contributed by atoms with E-state index in [-0.39, 0.29) is 29.1 Å². The zero-order valence-corrected chi connectivity index (χ0v) is 23.1. The van der Waals surface area contributed by atoms with E-state index in [9.17, 15) is 22.4 Å². The molecule has 0 heterocycles. The van der Waals surface area contributed by atoms with Gasteiger partial charge < -0.3 is 10.2 Å². The minimum Gasteiger partial charge on any atom is -0.352 e. The third kappa shape index (κ3) is 6.77. The minimum atomic E-state index is -4.32. The lowest BCUT2D eigenvalue weighted by Gasteiger charge is -2.32. The highest BCUT2D eigenvalue weighted by molar-refractivity contribution is 7.92. The van der Waals surface area contributed by atoms with E-state index in [4.69, 9.17) is 0 Å². The highest BCUT2D eigenvalue weighted by Gasteiger charge is 2.33. The van der Waals surface area contributed by atoms with Crippen LogP contribution in [-0.2, 0) is 26.2 Å². The molecule has 7 nitrogen and oxygen atoms in total. The number of hydrogen-bond donors (Lipinski definition) is 1. The Morgan fingerprint density at radius 3 is 2.11 bits per heavy atom. The van der Waals surface area contributed by atoms with Gasteiger partial charge in [-0.05, 0) is 70.0 Å². The van der Waals surface area contributed by atoms with Crippen LogP contribution in [0.5, 0.6) is 0 Å². The van der Waals surface area contributed by atoms with Crippen molar-refractivity contribution in [1.82, 2.24) is 10.2 Å². The van der Waals surface area contributed by atoms with Crippen LogP contribution in [0.25, 0.3) is 0 Å². The minimum absolute atomic E-state index is 0.0739. The molecule has 0 aliphatic carbocycles. The molecule has 9 heteroatoms. The Morgan fingerprint density at radius 2 is 1.50 bits per heavy atom. The fourth-order valence-electron chi connectivity index (χ4n) is 3.96. The highest BCUT2D eigenvalue weighted by Crippen LogP contribution is 2.27. The summed E-state index contributed by atoms with van der Waals surface area (Å²) in [5, 5.41) is 2.81. The van der Waals surface area contributed by atoms with E-state index in [1.807, 2.05) is 52.0 Å². The van der Waals surface area contributed by atoms with Crippen molar-refractivity contribution in [1.29, 1.82) is 0 Å². The van der Waals surface area contributed by atoms with Crippen molar-refractivity contribution in [3.05, 3.63) is 95.3 Å². The van der Waals surface area contributed by atoms with Crippen LogP contribution in [0.4, 0.5) is 10.1 Å². The van der Waals surface area contributed by atoms with Gasteiger partial charge in [-0.2, -0.15) is 0 Å². The number of hydrogen-bond acceptors (Lipinski definition) is 4. The monoisotopic (exact) mass is 539 g/mol. The molecule has 0 bridgehead atoms. The second-order valence-electron chi connectivity index (χ2n) is 9.56. The van der Waals surface area contributed by atoms with Crippen LogP contribution in [0.15, 0.2) is 77.7 Å². The van der Waals surface area contributed by atoms with Crippen molar-refractivity contribution in [2.45, 2.75) is 58.1 Å². The lowest BCUT2D eigenvalue weighted by Crippen LogP contribution is -2.52. The number of carbonyl (C=O) groups is 2. The van der Waals surface area contributed by atoms with Crippen LogP contribution in [0.2, 0.25) is 0 Å². The molecular formula is C29H34FN3O4S. The molecule has 0 aromatic heterocycles. The fraction of sp³-hybridized carbons (Fsp3) is 0.310. The molecule has 0 aliphatic rings. The number of aryl methyl sites for hydroxylation is 2. The molecule has 202 valence electrons. The predicted octanol–water partition coefficient (Wildman–Crippen LogP) is 4.58. The molecule has 0 aliphatic heterocycles. The van der Waals surface area contributed by atoms with E-state index in [0.717, 1.165) is 27.1 Å². The summed E-state index contributed by atoms with van der Waals surface area (Å²) in [5.74, 6) is -1.80. The van der Waals surface area contributed by atoms with Crippen molar-refractivity contribution < 1.29 is 22.4 Å². The maximum absolute atomic E-state index is 14.9. The first-order valence-electron chi connectivity index (χ1n) is 12.4. The molecule has 0 saturated carbocycles. The summed E-state index contributed by atoms with van der Waals surface area (Å²) in [6, 6.07) is 17.9. The van der Waals surface area contributed by atoms with E-state index in [1.54, 1.807) is 19.1 Å². The number of para-hydroxylation sites is 1. The lowest BCUT2D eigenvalue weighted by atomic mass is 10.1. The van der Waals surface area contributed by atoms with Crippen molar-refractivity contribution in [2.75, 3.05) is 10.8 Å².